The molecule has 0 N–H and O–H groups in total. The number of allylic oxidation sites excluding steroid dienone is 4. The van der Waals surface area contributed by atoms with Crippen LogP contribution in [0.3, 0.4) is 0 Å². The molecule has 2 heteroatoms. The standard InChI is InChI=1S/C17H17N2/c1-19-14-10-17(11-15-19)7-5-3-2-4-6-16-8-12-18-13-9-16/h2-15H,1H3/q+1/b3-2+,6-4+,7-5+. The van der Waals surface area contributed by atoms with Crippen LogP contribution in [0.25, 0.3) is 12.2 Å². The third kappa shape index (κ3) is 4.72. The smallest absolute Gasteiger partial charge is 0.169 e. The number of hydrogen-bond acceptors (Lipinski definition) is 1. The highest BCUT2D eigenvalue weighted by atomic mass is 14.9. The number of hydrogen-bond donors (Lipinski definition) is 0. The van der Waals surface area contributed by atoms with Crippen LogP contribution in [0.2, 0.25) is 0 Å². The van der Waals surface area contributed by atoms with Crippen LogP contribution >= 0.6 is 0 Å². The monoisotopic (exact) mass is 249 g/mol. The molecule has 2 rings (SSSR count). The van der Waals surface area contributed by atoms with Gasteiger partial charge in [0.05, 0.1) is 0 Å². The SMILES string of the molecule is C[n+]1ccc(/C=C/C=C/C=C/c2ccncc2)cc1. The van der Waals surface area contributed by atoms with Gasteiger partial charge in [0.1, 0.15) is 7.05 Å². The first-order valence-electron chi connectivity index (χ1n) is 6.21. The number of aromatic nitrogens is 2. The van der Waals surface area contributed by atoms with Crippen molar-refractivity contribution >= 4 is 12.2 Å². The maximum Gasteiger partial charge on any atom is 0.169 e. The Morgan fingerprint density at radius 2 is 1.32 bits per heavy atom. The molecule has 2 aromatic heterocycles. The normalized spacial score (nSPS) is 11.8. The van der Waals surface area contributed by atoms with Crippen molar-refractivity contribution in [2.24, 2.45) is 7.05 Å². The van der Waals surface area contributed by atoms with Gasteiger partial charge >= 0.3 is 0 Å². The van der Waals surface area contributed by atoms with E-state index in [0.29, 0.717) is 0 Å². The first kappa shape index (κ1) is 13.0. The van der Waals surface area contributed by atoms with E-state index < -0.39 is 0 Å². The molecule has 19 heavy (non-hydrogen) atoms. The largest absolute Gasteiger partial charge is 0.265 e. The lowest BCUT2D eigenvalue weighted by molar-refractivity contribution is -0.671. The molecule has 0 amide bonds. The Bertz CT molecular complexity index is 578. The Morgan fingerprint density at radius 3 is 1.89 bits per heavy atom. The summed E-state index contributed by atoms with van der Waals surface area (Å²) >= 11 is 0. The Hall–Kier alpha value is -2.48. The molecule has 0 atom stereocenters. The zero-order valence-electron chi connectivity index (χ0n) is 11.0. The van der Waals surface area contributed by atoms with Gasteiger partial charge in [-0.3, -0.25) is 4.98 Å². The third-order valence-corrected chi connectivity index (χ3v) is 2.62. The molecular formula is C17H17N2+. The molecule has 0 spiro atoms. The summed E-state index contributed by atoms with van der Waals surface area (Å²) in [5.74, 6) is 0. The zero-order chi connectivity index (χ0) is 13.3. The van der Waals surface area contributed by atoms with Crippen LogP contribution in [0.15, 0.2) is 73.4 Å². The molecule has 94 valence electrons. The molecule has 0 saturated carbocycles. The van der Waals surface area contributed by atoms with Crippen LogP contribution in [0, 0.1) is 0 Å². The van der Waals surface area contributed by atoms with E-state index in [0.717, 1.165) is 5.56 Å². The van der Waals surface area contributed by atoms with Crippen LogP contribution in [-0.4, -0.2) is 4.98 Å². The Morgan fingerprint density at radius 1 is 0.789 bits per heavy atom. The lowest BCUT2D eigenvalue weighted by Gasteiger charge is -1.89. The molecule has 0 radical (unpaired) electrons. The predicted octanol–water partition coefficient (Wildman–Crippen LogP) is 3.19. The second-order valence-electron chi connectivity index (χ2n) is 4.18. The summed E-state index contributed by atoms with van der Waals surface area (Å²) in [6.07, 6.45) is 19.9. The van der Waals surface area contributed by atoms with Crippen molar-refractivity contribution in [3.8, 4) is 0 Å². The van der Waals surface area contributed by atoms with Gasteiger partial charge < -0.3 is 0 Å². The van der Waals surface area contributed by atoms with Crippen LogP contribution in [0.5, 0.6) is 0 Å². The molecule has 0 aliphatic carbocycles. The minimum absolute atomic E-state index is 1.15. The Labute approximate surface area is 114 Å². The van der Waals surface area contributed by atoms with Gasteiger partial charge in [-0.1, -0.05) is 36.5 Å². The average molecular weight is 249 g/mol. The number of aryl methyl sites for hydroxylation is 1. The molecule has 2 aromatic rings. The van der Waals surface area contributed by atoms with Crippen molar-refractivity contribution in [3.63, 3.8) is 0 Å². The van der Waals surface area contributed by atoms with E-state index in [4.69, 9.17) is 0 Å². The summed E-state index contributed by atoms with van der Waals surface area (Å²) in [6, 6.07) is 8.11. The first-order valence-corrected chi connectivity index (χ1v) is 6.21. The molecule has 0 saturated heterocycles. The van der Waals surface area contributed by atoms with Gasteiger partial charge in [0.2, 0.25) is 0 Å². The van der Waals surface area contributed by atoms with Gasteiger partial charge in [0.15, 0.2) is 12.4 Å². The summed E-state index contributed by atoms with van der Waals surface area (Å²) in [6.45, 7) is 0. The number of pyridine rings is 2. The lowest BCUT2D eigenvalue weighted by Crippen LogP contribution is -2.25. The molecular weight excluding hydrogens is 232 g/mol. The second kappa shape index (κ2) is 7.07. The van der Waals surface area contributed by atoms with Crippen molar-refractivity contribution < 1.29 is 4.57 Å². The van der Waals surface area contributed by atoms with E-state index in [1.165, 1.54) is 5.56 Å². The first-order chi connectivity index (χ1) is 9.34. The maximum absolute atomic E-state index is 3.98. The molecule has 2 heterocycles. The summed E-state index contributed by atoms with van der Waals surface area (Å²) in [5, 5.41) is 0. The average Bonchev–Trinajstić information content (AvgIpc) is 2.46. The second-order valence-corrected chi connectivity index (χ2v) is 4.18. The topological polar surface area (TPSA) is 16.8 Å². The highest BCUT2D eigenvalue weighted by Gasteiger charge is 1.89. The van der Waals surface area contributed by atoms with E-state index in [-0.39, 0.29) is 0 Å². The molecule has 2 nitrogen and oxygen atoms in total. The minimum atomic E-state index is 1.15. The predicted molar refractivity (Wildman–Crippen MR) is 79.1 cm³/mol. The third-order valence-electron chi connectivity index (χ3n) is 2.62. The van der Waals surface area contributed by atoms with Gasteiger partial charge in [-0.15, -0.1) is 0 Å². The molecule has 0 aliphatic rings. The van der Waals surface area contributed by atoms with Crippen LogP contribution in [-0.2, 0) is 7.05 Å². The quantitative estimate of drug-likeness (QED) is 0.600. The molecule has 0 unspecified atom stereocenters. The van der Waals surface area contributed by atoms with Crippen LogP contribution in [0.1, 0.15) is 11.1 Å². The van der Waals surface area contributed by atoms with E-state index in [1.807, 2.05) is 60.4 Å². The highest BCUT2D eigenvalue weighted by Crippen LogP contribution is 2.00. The zero-order valence-corrected chi connectivity index (χ0v) is 11.0. The van der Waals surface area contributed by atoms with Gasteiger partial charge in [0.25, 0.3) is 0 Å². The summed E-state index contributed by atoms with van der Waals surface area (Å²) in [4.78, 5) is 3.98. The van der Waals surface area contributed by atoms with Crippen LogP contribution < -0.4 is 4.57 Å². The summed E-state index contributed by atoms with van der Waals surface area (Å²) in [7, 11) is 2.01. The fourth-order valence-corrected chi connectivity index (χ4v) is 1.56. The molecule has 0 aliphatic heterocycles. The number of nitrogens with zero attached hydrogens (tertiary/aromatic N) is 2. The van der Waals surface area contributed by atoms with Crippen LogP contribution in [0.4, 0.5) is 0 Å². The van der Waals surface area contributed by atoms with Gasteiger partial charge in [-0.05, 0) is 23.3 Å². The van der Waals surface area contributed by atoms with Crippen molar-refractivity contribution in [3.05, 3.63) is 84.5 Å². The van der Waals surface area contributed by atoms with E-state index in [9.17, 15) is 0 Å². The number of rotatable bonds is 4. The molecule has 0 bridgehead atoms. The molecule has 0 aromatic carbocycles. The van der Waals surface area contributed by atoms with Crippen molar-refractivity contribution in [1.82, 2.24) is 4.98 Å². The van der Waals surface area contributed by atoms with Gasteiger partial charge in [-0.2, -0.15) is 0 Å². The van der Waals surface area contributed by atoms with Crippen molar-refractivity contribution in [1.29, 1.82) is 0 Å². The Balaban J connectivity index is 1.87. The maximum atomic E-state index is 3.98. The van der Waals surface area contributed by atoms with Crippen molar-refractivity contribution in [2.75, 3.05) is 0 Å². The molecule has 0 fully saturated rings. The highest BCUT2D eigenvalue weighted by molar-refractivity contribution is 5.52. The summed E-state index contributed by atoms with van der Waals surface area (Å²) in [5.41, 5.74) is 2.35. The van der Waals surface area contributed by atoms with Crippen molar-refractivity contribution in [2.45, 2.75) is 0 Å². The van der Waals surface area contributed by atoms with E-state index >= 15 is 0 Å². The lowest BCUT2D eigenvalue weighted by atomic mass is 10.2. The Kier molecular flexibility index (Phi) is 4.82. The van der Waals surface area contributed by atoms with Gasteiger partial charge in [0, 0.05) is 24.5 Å². The fourth-order valence-electron chi connectivity index (χ4n) is 1.56. The summed E-state index contributed by atoms with van der Waals surface area (Å²) < 4.78 is 2.02. The minimum Gasteiger partial charge on any atom is -0.265 e. The van der Waals surface area contributed by atoms with Gasteiger partial charge in [-0.25, -0.2) is 4.57 Å². The van der Waals surface area contributed by atoms with E-state index in [1.54, 1.807) is 12.4 Å². The fraction of sp³-hybridized carbons (Fsp3) is 0.0588. The van der Waals surface area contributed by atoms with E-state index in [2.05, 4.69) is 29.3 Å².